The molecule has 0 radical (unpaired) electrons. The van der Waals surface area contributed by atoms with Crippen LogP contribution < -0.4 is 5.73 Å². The SMILES string of the molecule is CCCCCCC(Sc1ccccn1)C(N)=O. The van der Waals surface area contributed by atoms with Crippen molar-refractivity contribution >= 4 is 17.7 Å². The molecule has 1 aromatic heterocycles. The van der Waals surface area contributed by atoms with Crippen LogP contribution in [0.5, 0.6) is 0 Å². The van der Waals surface area contributed by atoms with E-state index >= 15 is 0 Å². The Balaban J connectivity index is 2.41. The first-order valence-corrected chi connectivity index (χ1v) is 6.99. The van der Waals surface area contributed by atoms with Crippen molar-refractivity contribution in [3.8, 4) is 0 Å². The van der Waals surface area contributed by atoms with Gasteiger partial charge in [-0.25, -0.2) is 4.98 Å². The highest BCUT2D eigenvalue weighted by molar-refractivity contribution is 8.00. The molecule has 0 aliphatic rings. The largest absolute Gasteiger partial charge is 0.369 e. The van der Waals surface area contributed by atoms with Crippen molar-refractivity contribution in [1.82, 2.24) is 4.98 Å². The van der Waals surface area contributed by atoms with Gasteiger partial charge in [-0.2, -0.15) is 0 Å². The Hall–Kier alpha value is -1.03. The summed E-state index contributed by atoms with van der Waals surface area (Å²) in [7, 11) is 0. The fourth-order valence-corrected chi connectivity index (χ4v) is 2.55. The molecule has 0 aromatic carbocycles. The molecule has 0 aliphatic heterocycles. The van der Waals surface area contributed by atoms with Gasteiger partial charge in [-0.1, -0.05) is 50.4 Å². The molecule has 1 heterocycles. The molecule has 0 saturated carbocycles. The lowest BCUT2D eigenvalue weighted by molar-refractivity contribution is -0.117. The minimum atomic E-state index is -0.239. The number of hydrogen-bond donors (Lipinski definition) is 1. The van der Waals surface area contributed by atoms with Gasteiger partial charge in [0.1, 0.15) is 0 Å². The van der Waals surface area contributed by atoms with Crippen molar-refractivity contribution in [3.05, 3.63) is 24.4 Å². The predicted molar refractivity (Wildman–Crippen MR) is 71.8 cm³/mol. The van der Waals surface area contributed by atoms with E-state index in [9.17, 15) is 4.79 Å². The Morgan fingerprint density at radius 1 is 1.41 bits per heavy atom. The van der Waals surface area contributed by atoms with E-state index in [-0.39, 0.29) is 11.2 Å². The van der Waals surface area contributed by atoms with Crippen molar-refractivity contribution in [2.75, 3.05) is 0 Å². The van der Waals surface area contributed by atoms with Crippen LogP contribution in [-0.2, 0) is 4.79 Å². The molecule has 0 aliphatic carbocycles. The summed E-state index contributed by atoms with van der Waals surface area (Å²) in [4.78, 5) is 15.5. The molecule has 0 spiro atoms. The van der Waals surface area contributed by atoms with Gasteiger partial charge in [0.25, 0.3) is 0 Å². The van der Waals surface area contributed by atoms with E-state index in [1.54, 1.807) is 6.20 Å². The molecule has 17 heavy (non-hydrogen) atoms. The molecule has 0 bridgehead atoms. The number of rotatable bonds is 8. The molecule has 1 amide bonds. The fourth-order valence-electron chi connectivity index (χ4n) is 1.58. The van der Waals surface area contributed by atoms with E-state index in [4.69, 9.17) is 5.73 Å². The molecule has 0 saturated heterocycles. The number of pyridine rings is 1. The van der Waals surface area contributed by atoms with Gasteiger partial charge < -0.3 is 5.73 Å². The first kappa shape index (κ1) is 14.0. The molecule has 3 nitrogen and oxygen atoms in total. The number of carbonyl (C=O) groups excluding carboxylic acids is 1. The summed E-state index contributed by atoms with van der Waals surface area (Å²) in [5.74, 6) is -0.239. The van der Waals surface area contributed by atoms with E-state index in [2.05, 4.69) is 11.9 Å². The van der Waals surface area contributed by atoms with Gasteiger partial charge in [-0.15, -0.1) is 0 Å². The lowest BCUT2D eigenvalue weighted by Gasteiger charge is -2.11. The lowest BCUT2D eigenvalue weighted by atomic mass is 10.1. The first-order chi connectivity index (χ1) is 8.24. The number of nitrogens with two attached hydrogens (primary N) is 1. The number of carbonyl (C=O) groups is 1. The van der Waals surface area contributed by atoms with Crippen molar-refractivity contribution in [2.24, 2.45) is 5.73 Å². The normalized spacial score (nSPS) is 12.3. The van der Waals surface area contributed by atoms with E-state index in [1.165, 1.54) is 31.0 Å². The third kappa shape index (κ3) is 5.73. The van der Waals surface area contributed by atoms with Crippen LogP contribution in [0, 0.1) is 0 Å². The maximum atomic E-state index is 11.3. The molecule has 4 heteroatoms. The Morgan fingerprint density at radius 2 is 2.24 bits per heavy atom. The van der Waals surface area contributed by atoms with Crippen molar-refractivity contribution in [1.29, 1.82) is 0 Å². The number of hydrogen-bond acceptors (Lipinski definition) is 3. The zero-order chi connectivity index (χ0) is 12.5. The number of amides is 1. The summed E-state index contributed by atoms with van der Waals surface area (Å²) in [5.41, 5.74) is 5.41. The number of thioether (sulfide) groups is 1. The van der Waals surface area contributed by atoms with Crippen LogP contribution in [-0.4, -0.2) is 16.1 Å². The highest BCUT2D eigenvalue weighted by Crippen LogP contribution is 2.24. The second-order valence-electron chi connectivity index (χ2n) is 4.03. The van der Waals surface area contributed by atoms with Gasteiger partial charge in [-0.05, 0) is 18.6 Å². The lowest BCUT2D eigenvalue weighted by Crippen LogP contribution is -2.25. The average molecular weight is 252 g/mol. The average Bonchev–Trinajstić information content (AvgIpc) is 2.34. The number of primary amides is 1. The second-order valence-corrected chi connectivity index (χ2v) is 5.25. The molecule has 1 unspecified atom stereocenters. The second kappa shape index (κ2) is 8.12. The highest BCUT2D eigenvalue weighted by Gasteiger charge is 2.16. The van der Waals surface area contributed by atoms with Crippen LogP contribution in [0.4, 0.5) is 0 Å². The molecular formula is C13H20N2OS. The summed E-state index contributed by atoms with van der Waals surface area (Å²) in [6.07, 6.45) is 7.23. The number of aromatic nitrogens is 1. The summed E-state index contributed by atoms with van der Waals surface area (Å²) in [5, 5.41) is 0.716. The quantitative estimate of drug-likeness (QED) is 0.571. The summed E-state index contributed by atoms with van der Waals surface area (Å²) < 4.78 is 0. The zero-order valence-corrected chi connectivity index (χ0v) is 11.1. The van der Waals surface area contributed by atoms with Gasteiger partial charge in [0, 0.05) is 6.20 Å². The Bertz CT molecular complexity index is 329. The van der Waals surface area contributed by atoms with Crippen molar-refractivity contribution in [2.45, 2.75) is 49.3 Å². The molecule has 94 valence electrons. The fraction of sp³-hybridized carbons (Fsp3) is 0.538. The standard InChI is InChI=1S/C13H20N2OS/c1-2-3-4-5-8-11(13(14)16)17-12-9-6-7-10-15-12/h6-7,9-11H,2-5,8H2,1H3,(H2,14,16). The van der Waals surface area contributed by atoms with Crippen LogP contribution in [0.2, 0.25) is 0 Å². The van der Waals surface area contributed by atoms with Crippen LogP contribution in [0.15, 0.2) is 29.4 Å². The first-order valence-electron chi connectivity index (χ1n) is 6.11. The Labute approximate surface area is 107 Å². The minimum absolute atomic E-state index is 0.151. The van der Waals surface area contributed by atoms with Crippen LogP contribution in [0.25, 0.3) is 0 Å². The van der Waals surface area contributed by atoms with Crippen LogP contribution in [0.1, 0.15) is 39.0 Å². The molecule has 1 atom stereocenters. The van der Waals surface area contributed by atoms with Crippen molar-refractivity contribution < 1.29 is 4.79 Å². The minimum Gasteiger partial charge on any atom is -0.369 e. The van der Waals surface area contributed by atoms with E-state index < -0.39 is 0 Å². The van der Waals surface area contributed by atoms with Gasteiger partial charge in [-0.3, -0.25) is 4.79 Å². The summed E-state index contributed by atoms with van der Waals surface area (Å²) >= 11 is 1.47. The molecule has 0 fully saturated rings. The van der Waals surface area contributed by atoms with Gasteiger partial charge in [0.2, 0.25) is 5.91 Å². The topological polar surface area (TPSA) is 56.0 Å². The maximum absolute atomic E-state index is 11.3. The Morgan fingerprint density at radius 3 is 2.82 bits per heavy atom. The van der Waals surface area contributed by atoms with Crippen molar-refractivity contribution in [3.63, 3.8) is 0 Å². The Kier molecular flexibility index (Phi) is 6.70. The van der Waals surface area contributed by atoms with E-state index in [1.807, 2.05) is 18.2 Å². The molecule has 1 aromatic rings. The van der Waals surface area contributed by atoms with Crippen LogP contribution >= 0.6 is 11.8 Å². The van der Waals surface area contributed by atoms with E-state index in [0.717, 1.165) is 17.9 Å². The third-order valence-electron chi connectivity index (χ3n) is 2.54. The summed E-state index contributed by atoms with van der Waals surface area (Å²) in [6, 6.07) is 5.70. The molecule has 1 rings (SSSR count). The third-order valence-corrected chi connectivity index (χ3v) is 3.77. The smallest absolute Gasteiger partial charge is 0.230 e. The van der Waals surface area contributed by atoms with Gasteiger partial charge >= 0.3 is 0 Å². The molecule has 2 N–H and O–H groups in total. The summed E-state index contributed by atoms with van der Waals surface area (Å²) in [6.45, 7) is 2.17. The maximum Gasteiger partial charge on any atom is 0.230 e. The number of unbranched alkanes of at least 4 members (excludes halogenated alkanes) is 3. The zero-order valence-electron chi connectivity index (χ0n) is 10.3. The number of nitrogens with zero attached hydrogens (tertiary/aromatic N) is 1. The van der Waals surface area contributed by atoms with Gasteiger partial charge in [0.05, 0.1) is 10.3 Å². The van der Waals surface area contributed by atoms with Crippen LogP contribution in [0.3, 0.4) is 0 Å². The highest BCUT2D eigenvalue weighted by atomic mass is 32.2. The molecular weight excluding hydrogens is 232 g/mol. The predicted octanol–water partition coefficient (Wildman–Crippen LogP) is 3.00. The van der Waals surface area contributed by atoms with Gasteiger partial charge in [0.15, 0.2) is 0 Å². The monoisotopic (exact) mass is 252 g/mol. The van der Waals surface area contributed by atoms with E-state index in [0.29, 0.717) is 0 Å².